The van der Waals surface area contributed by atoms with Crippen LogP contribution in [0.3, 0.4) is 0 Å². The minimum absolute atomic E-state index is 0.0520. The van der Waals surface area contributed by atoms with Gasteiger partial charge in [0.05, 0.1) is 18.7 Å². The lowest BCUT2D eigenvalue weighted by Gasteiger charge is -2.06. The van der Waals surface area contributed by atoms with Gasteiger partial charge < -0.3 is 15.8 Å². The van der Waals surface area contributed by atoms with Crippen LogP contribution >= 0.6 is 11.3 Å². The third-order valence-electron chi connectivity index (χ3n) is 2.28. The predicted octanol–water partition coefficient (Wildman–Crippen LogP) is 2.74. The Morgan fingerprint density at radius 3 is 2.72 bits per heavy atom. The maximum absolute atomic E-state index is 11.5. The quantitative estimate of drug-likeness (QED) is 0.814. The number of ether oxygens (including phenoxy) is 1. The molecule has 94 valence electrons. The van der Waals surface area contributed by atoms with E-state index in [1.54, 1.807) is 35.6 Å². The Morgan fingerprint density at radius 1 is 1.28 bits per heavy atom. The molecule has 0 atom stereocenters. The van der Waals surface area contributed by atoms with E-state index in [-0.39, 0.29) is 5.91 Å². The molecule has 1 aromatic carbocycles. The van der Waals surface area contributed by atoms with Gasteiger partial charge >= 0.3 is 0 Å². The SMILES string of the molecule is Nc1ccc(OCCC(=O)Nc2ccsc2)cc1. The van der Waals surface area contributed by atoms with E-state index in [1.807, 2.05) is 16.8 Å². The second-order valence-corrected chi connectivity index (χ2v) is 4.51. The molecule has 2 aromatic rings. The van der Waals surface area contributed by atoms with Crippen molar-refractivity contribution in [1.29, 1.82) is 0 Å². The van der Waals surface area contributed by atoms with E-state index < -0.39 is 0 Å². The summed E-state index contributed by atoms with van der Waals surface area (Å²) in [6.45, 7) is 0.347. The summed E-state index contributed by atoms with van der Waals surface area (Å²) < 4.78 is 5.44. The van der Waals surface area contributed by atoms with Gasteiger partial charge in [-0.3, -0.25) is 4.79 Å². The number of amides is 1. The van der Waals surface area contributed by atoms with E-state index in [2.05, 4.69) is 5.32 Å². The number of nitrogens with one attached hydrogen (secondary N) is 1. The summed E-state index contributed by atoms with van der Waals surface area (Å²) in [6, 6.07) is 8.96. The van der Waals surface area contributed by atoms with Gasteiger partial charge in [-0.15, -0.1) is 0 Å². The van der Waals surface area contributed by atoms with Crippen LogP contribution in [-0.2, 0) is 4.79 Å². The molecule has 0 radical (unpaired) electrons. The average Bonchev–Trinajstić information content (AvgIpc) is 2.84. The minimum Gasteiger partial charge on any atom is -0.493 e. The van der Waals surface area contributed by atoms with Crippen LogP contribution in [0.4, 0.5) is 11.4 Å². The van der Waals surface area contributed by atoms with Gasteiger partial charge in [0.25, 0.3) is 0 Å². The zero-order chi connectivity index (χ0) is 12.8. The number of rotatable bonds is 5. The summed E-state index contributed by atoms with van der Waals surface area (Å²) in [5.74, 6) is 0.663. The largest absolute Gasteiger partial charge is 0.493 e. The molecular formula is C13H14N2O2S. The van der Waals surface area contributed by atoms with Crippen molar-refractivity contribution in [2.24, 2.45) is 0 Å². The van der Waals surface area contributed by atoms with Gasteiger partial charge in [-0.25, -0.2) is 0 Å². The average molecular weight is 262 g/mol. The number of nitrogen functional groups attached to an aromatic ring is 1. The highest BCUT2D eigenvalue weighted by Crippen LogP contribution is 2.14. The Hall–Kier alpha value is -2.01. The molecule has 5 heteroatoms. The van der Waals surface area contributed by atoms with Crippen molar-refractivity contribution in [2.75, 3.05) is 17.7 Å². The Kier molecular flexibility index (Phi) is 4.20. The van der Waals surface area contributed by atoms with Gasteiger partial charge in [0.1, 0.15) is 5.75 Å². The van der Waals surface area contributed by atoms with Crippen molar-refractivity contribution >= 4 is 28.6 Å². The van der Waals surface area contributed by atoms with Crippen molar-refractivity contribution in [2.45, 2.75) is 6.42 Å². The number of carbonyl (C=O) groups is 1. The van der Waals surface area contributed by atoms with Crippen LogP contribution < -0.4 is 15.8 Å². The summed E-state index contributed by atoms with van der Waals surface area (Å²) in [5.41, 5.74) is 7.08. The fourth-order valence-corrected chi connectivity index (χ4v) is 1.97. The number of nitrogens with two attached hydrogens (primary N) is 1. The molecule has 3 N–H and O–H groups in total. The smallest absolute Gasteiger partial charge is 0.227 e. The Morgan fingerprint density at radius 2 is 2.06 bits per heavy atom. The van der Waals surface area contributed by atoms with Gasteiger partial charge in [0.2, 0.25) is 5.91 Å². The molecule has 1 heterocycles. The van der Waals surface area contributed by atoms with Crippen molar-refractivity contribution in [3.05, 3.63) is 41.1 Å². The fraction of sp³-hybridized carbons (Fsp3) is 0.154. The number of benzene rings is 1. The highest BCUT2D eigenvalue weighted by atomic mass is 32.1. The lowest BCUT2D eigenvalue weighted by molar-refractivity contribution is -0.116. The normalized spacial score (nSPS) is 10.0. The van der Waals surface area contributed by atoms with Gasteiger partial charge in [-0.1, -0.05) is 0 Å². The lowest BCUT2D eigenvalue weighted by Crippen LogP contribution is -2.14. The van der Waals surface area contributed by atoms with Crippen molar-refractivity contribution in [1.82, 2.24) is 0 Å². The van der Waals surface area contributed by atoms with Crippen molar-refractivity contribution in [3.8, 4) is 5.75 Å². The first-order chi connectivity index (χ1) is 8.74. The molecule has 0 aliphatic heterocycles. The molecule has 0 aliphatic rings. The van der Waals surface area contributed by atoms with E-state index in [4.69, 9.17) is 10.5 Å². The first kappa shape index (κ1) is 12.4. The van der Waals surface area contributed by atoms with E-state index in [0.29, 0.717) is 24.5 Å². The topological polar surface area (TPSA) is 64.3 Å². The summed E-state index contributed by atoms with van der Waals surface area (Å²) in [5, 5.41) is 6.59. The number of hydrogen-bond acceptors (Lipinski definition) is 4. The second kappa shape index (κ2) is 6.07. The minimum atomic E-state index is -0.0520. The Bertz CT molecular complexity index is 494. The van der Waals surface area contributed by atoms with Gasteiger partial charge in [0.15, 0.2) is 0 Å². The maximum atomic E-state index is 11.5. The van der Waals surface area contributed by atoms with E-state index in [1.165, 1.54) is 0 Å². The zero-order valence-corrected chi connectivity index (χ0v) is 10.6. The molecule has 0 saturated carbocycles. The van der Waals surface area contributed by atoms with Crippen LogP contribution in [0.1, 0.15) is 6.42 Å². The van der Waals surface area contributed by atoms with Crippen LogP contribution in [0.2, 0.25) is 0 Å². The summed E-state index contributed by atoms with van der Waals surface area (Å²) in [6.07, 6.45) is 0.320. The van der Waals surface area contributed by atoms with Crippen LogP contribution in [0.5, 0.6) is 5.75 Å². The standard InChI is InChI=1S/C13H14N2O2S/c14-10-1-3-12(4-2-10)17-7-5-13(16)15-11-6-8-18-9-11/h1-4,6,8-9H,5,7,14H2,(H,15,16). The first-order valence-electron chi connectivity index (χ1n) is 5.54. The summed E-state index contributed by atoms with van der Waals surface area (Å²) in [7, 11) is 0. The van der Waals surface area contributed by atoms with E-state index in [0.717, 1.165) is 5.69 Å². The van der Waals surface area contributed by atoms with Crippen molar-refractivity contribution in [3.63, 3.8) is 0 Å². The first-order valence-corrected chi connectivity index (χ1v) is 6.49. The highest BCUT2D eigenvalue weighted by molar-refractivity contribution is 7.08. The molecule has 18 heavy (non-hydrogen) atoms. The van der Waals surface area contributed by atoms with E-state index >= 15 is 0 Å². The maximum Gasteiger partial charge on any atom is 0.227 e. The molecule has 1 aromatic heterocycles. The zero-order valence-electron chi connectivity index (χ0n) is 9.76. The number of hydrogen-bond donors (Lipinski definition) is 2. The number of carbonyl (C=O) groups excluding carboxylic acids is 1. The third kappa shape index (κ3) is 3.78. The molecular weight excluding hydrogens is 248 g/mol. The molecule has 0 saturated heterocycles. The third-order valence-corrected chi connectivity index (χ3v) is 2.97. The van der Waals surface area contributed by atoms with Gasteiger partial charge in [-0.2, -0.15) is 11.3 Å². The van der Waals surface area contributed by atoms with Crippen LogP contribution in [0.15, 0.2) is 41.1 Å². The molecule has 4 nitrogen and oxygen atoms in total. The lowest BCUT2D eigenvalue weighted by atomic mass is 10.3. The molecule has 0 aliphatic carbocycles. The Balaban J connectivity index is 1.72. The van der Waals surface area contributed by atoms with Crippen LogP contribution in [-0.4, -0.2) is 12.5 Å². The monoisotopic (exact) mass is 262 g/mol. The number of anilines is 2. The molecule has 1 amide bonds. The predicted molar refractivity (Wildman–Crippen MR) is 73.9 cm³/mol. The van der Waals surface area contributed by atoms with Crippen LogP contribution in [0.25, 0.3) is 0 Å². The van der Waals surface area contributed by atoms with Gasteiger partial charge in [-0.05, 0) is 35.7 Å². The second-order valence-electron chi connectivity index (χ2n) is 3.73. The molecule has 2 rings (SSSR count). The van der Waals surface area contributed by atoms with Crippen molar-refractivity contribution < 1.29 is 9.53 Å². The molecule has 0 bridgehead atoms. The molecule has 0 unspecified atom stereocenters. The van der Waals surface area contributed by atoms with Gasteiger partial charge in [0, 0.05) is 11.1 Å². The summed E-state index contributed by atoms with van der Waals surface area (Å²) in [4.78, 5) is 11.5. The molecule has 0 fully saturated rings. The van der Waals surface area contributed by atoms with Crippen LogP contribution in [0, 0.1) is 0 Å². The number of thiophene rings is 1. The highest BCUT2D eigenvalue weighted by Gasteiger charge is 2.03. The van der Waals surface area contributed by atoms with E-state index in [9.17, 15) is 4.79 Å². The fourth-order valence-electron chi connectivity index (χ4n) is 1.38. The summed E-state index contributed by atoms with van der Waals surface area (Å²) >= 11 is 1.55. The Labute approximate surface area is 109 Å². The molecule has 0 spiro atoms.